The van der Waals surface area contributed by atoms with E-state index in [4.69, 9.17) is 8.83 Å². The maximum atomic E-state index is 7.08. The topological polar surface area (TPSA) is 32.8 Å². The Bertz CT molecular complexity index is 3660. The minimum Gasteiger partial charge on any atom is -0.456 e. The van der Waals surface area contributed by atoms with Crippen molar-refractivity contribution in [1.82, 2.24) is 0 Å². The maximum Gasteiger partial charge on any atom is 0.142 e. The van der Waals surface area contributed by atoms with Crippen LogP contribution < -0.4 is 9.80 Å². The molecule has 0 radical (unpaired) electrons. The van der Waals surface area contributed by atoms with Crippen LogP contribution >= 0.6 is 0 Å². The van der Waals surface area contributed by atoms with Gasteiger partial charge in [-0.15, -0.1) is 0 Å². The summed E-state index contributed by atoms with van der Waals surface area (Å²) >= 11 is 0. The fourth-order valence-electron chi connectivity index (χ4n) is 15.6. The summed E-state index contributed by atoms with van der Waals surface area (Å²) in [6.45, 7) is 4.55. The Morgan fingerprint density at radius 1 is 0.296 bits per heavy atom. The largest absolute Gasteiger partial charge is 0.456 e. The SMILES string of the molecule is CC(C)c1c2oc3cc4cc(N(c5ccc(C6CCCCC6)cc5)c5ccc(C6CCCCC6)cc5)ccc4cc3c2cc2c1oc1cc3cc(N(c4ccc(C5CCCCC5)cc4)c4ccc(C5CCCCC5)cc4)ccc3cc12. The number of benzene rings is 9. The molecule has 0 aliphatic heterocycles. The fraction of sp³-hybridized carbons (Fsp3) is 0.351. The van der Waals surface area contributed by atoms with Crippen molar-refractivity contribution in [3.63, 3.8) is 0 Å². The monoisotopic (exact) mass is 1060 g/mol. The van der Waals surface area contributed by atoms with E-state index in [1.807, 2.05) is 0 Å². The number of rotatable bonds is 11. The Balaban J connectivity index is 0.795. The van der Waals surface area contributed by atoms with Gasteiger partial charge in [0.15, 0.2) is 0 Å². The van der Waals surface area contributed by atoms with E-state index in [0.29, 0.717) is 23.7 Å². The lowest BCUT2D eigenvalue weighted by Gasteiger charge is -2.28. The molecule has 4 fully saturated rings. The summed E-state index contributed by atoms with van der Waals surface area (Å²) in [5, 5.41) is 9.30. The van der Waals surface area contributed by atoms with Crippen LogP contribution in [0.1, 0.15) is 200 Å². The molecule has 4 saturated carbocycles. The molecule has 0 saturated heterocycles. The molecular formula is C77H78N2O2. The first-order chi connectivity index (χ1) is 39.9. The van der Waals surface area contributed by atoms with Crippen LogP contribution in [-0.2, 0) is 0 Å². The summed E-state index contributed by atoms with van der Waals surface area (Å²) in [4.78, 5) is 4.92. The van der Waals surface area contributed by atoms with Crippen molar-refractivity contribution < 1.29 is 8.83 Å². The third kappa shape index (κ3) is 9.59. The van der Waals surface area contributed by atoms with Crippen LogP contribution in [0.3, 0.4) is 0 Å². The van der Waals surface area contributed by atoms with E-state index in [2.05, 4.69) is 187 Å². The van der Waals surface area contributed by atoms with Gasteiger partial charge >= 0.3 is 0 Å². The quantitative estimate of drug-likeness (QED) is 0.129. The average molecular weight is 1060 g/mol. The van der Waals surface area contributed by atoms with Crippen LogP contribution in [0.5, 0.6) is 0 Å². The summed E-state index contributed by atoms with van der Waals surface area (Å²) < 4.78 is 14.2. The van der Waals surface area contributed by atoms with E-state index >= 15 is 0 Å². The normalized spacial score (nSPS) is 17.4. The van der Waals surface area contributed by atoms with Gasteiger partial charge in [0.1, 0.15) is 22.3 Å². The molecule has 0 atom stereocenters. The van der Waals surface area contributed by atoms with E-state index in [-0.39, 0.29) is 5.92 Å². The molecule has 0 unspecified atom stereocenters. The van der Waals surface area contributed by atoms with Crippen LogP contribution in [0.2, 0.25) is 0 Å². The van der Waals surface area contributed by atoms with Crippen LogP contribution in [-0.4, -0.2) is 0 Å². The zero-order chi connectivity index (χ0) is 54.0. The molecule has 2 aromatic heterocycles. The smallest absolute Gasteiger partial charge is 0.142 e. The van der Waals surface area contributed by atoms with Gasteiger partial charge in [-0.1, -0.05) is 152 Å². The molecule has 4 aliphatic carbocycles. The van der Waals surface area contributed by atoms with Crippen LogP contribution in [0.4, 0.5) is 34.1 Å². The van der Waals surface area contributed by atoms with Gasteiger partial charge in [0.25, 0.3) is 0 Å². The van der Waals surface area contributed by atoms with Crippen molar-refractivity contribution in [3.8, 4) is 0 Å². The molecule has 408 valence electrons. The minimum atomic E-state index is 0.171. The van der Waals surface area contributed by atoms with Crippen molar-refractivity contribution in [1.29, 1.82) is 0 Å². The average Bonchev–Trinajstić information content (AvgIpc) is 4.28. The second-order valence-electron chi connectivity index (χ2n) is 25.5. The van der Waals surface area contributed by atoms with E-state index in [9.17, 15) is 0 Å². The molecule has 4 nitrogen and oxygen atoms in total. The first-order valence-corrected chi connectivity index (χ1v) is 31.7. The van der Waals surface area contributed by atoms with E-state index in [1.165, 1.54) is 195 Å². The number of hydrogen-bond acceptors (Lipinski definition) is 4. The van der Waals surface area contributed by atoms with E-state index in [0.717, 1.165) is 60.8 Å². The van der Waals surface area contributed by atoms with Crippen molar-refractivity contribution >= 4 is 99.5 Å². The highest BCUT2D eigenvalue weighted by atomic mass is 16.3. The number of anilines is 6. The molecule has 11 aromatic rings. The Kier molecular flexibility index (Phi) is 13.5. The van der Waals surface area contributed by atoms with Gasteiger partial charge in [0.05, 0.1) is 0 Å². The van der Waals surface area contributed by atoms with Gasteiger partial charge in [0, 0.05) is 61.2 Å². The molecule has 2 heterocycles. The Hall–Kier alpha value is -7.30. The first kappa shape index (κ1) is 50.6. The van der Waals surface area contributed by atoms with Crippen LogP contribution in [0.15, 0.2) is 173 Å². The molecule has 9 aromatic carbocycles. The van der Waals surface area contributed by atoms with Crippen LogP contribution in [0.25, 0.3) is 65.4 Å². The van der Waals surface area contributed by atoms with Gasteiger partial charge in [-0.05, 0) is 228 Å². The summed E-state index contributed by atoms with van der Waals surface area (Å²) in [5.74, 6) is 2.86. The molecule has 81 heavy (non-hydrogen) atoms. The predicted molar refractivity (Wildman–Crippen MR) is 343 cm³/mol. The zero-order valence-electron chi connectivity index (χ0n) is 47.8. The lowest BCUT2D eigenvalue weighted by Crippen LogP contribution is -2.11. The number of hydrogen-bond donors (Lipinski definition) is 0. The summed E-state index contributed by atoms with van der Waals surface area (Å²) in [5.41, 5.74) is 17.8. The lowest BCUT2D eigenvalue weighted by molar-refractivity contribution is 0.443. The predicted octanol–water partition coefficient (Wildman–Crippen LogP) is 24.0. The standard InChI is InChI=1S/C77H78N2O2/c1-50(2)75-76-71(69-45-59-31-41-67(43-61(59)47-73(69)80-76)78(63-33-23-55(24-34-63)51-15-7-3-8-16-51)64-35-25-56(26-36-64)52-17-9-4-10-18-52)49-72-70-46-60-32-42-68(44-62(60)48-74(70)81-77(72)75)79(65-37-27-57(28-38-65)53-19-11-5-12-20-53)66-39-29-58(30-40-66)54-21-13-6-14-22-54/h23-54H,3-22H2,1-2H3. The second-order valence-corrected chi connectivity index (χ2v) is 25.5. The summed E-state index contributed by atoms with van der Waals surface area (Å²) in [6, 6.07) is 63.8. The Morgan fingerprint density at radius 3 is 0.889 bits per heavy atom. The zero-order valence-corrected chi connectivity index (χ0v) is 47.8. The molecular weight excluding hydrogens is 985 g/mol. The van der Waals surface area contributed by atoms with Gasteiger partial charge in [-0.25, -0.2) is 0 Å². The highest BCUT2D eigenvalue weighted by molar-refractivity contribution is 6.20. The third-order valence-corrected chi connectivity index (χ3v) is 20.1. The van der Waals surface area contributed by atoms with Gasteiger partial charge < -0.3 is 18.6 Å². The first-order valence-electron chi connectivity index (χ1n) is 31.7. The lowest BCUT2D eigenvalue weighted by atomic mass is 9.84. The van der Waals surface area contributed by atoms with Gasteiger partial charge in [-0.3, -0.25) is 0 Å². The Labute approximate surface area is 479 Å². The van der Waals surface area contributed by atoms with E-state index in [1.54, 1.807) is 0 Å². The number of nitrogens with zero attached hydrogens (tertiary/aromatic N) is 2. The molecule has 0 spiro atoms. The summed E-state index contributed by atoms with van der Waals surface area (Å²) in [7, 11) is 0. The highest BCUT2D eigenvalue weighted by Crippen LogP contribution is 2.48. The van der Waals surface area contributed by atoms with Crippen molar-refractivity contribution in [2.24, 2.45) is 0 Å². The highest BCUT2D eigenvalue weighted by Gasteiger charge is 2.26. The molecule has 0 N–H and O–H groups in total. The van der Waals surface area contributed by atoms with Gasteiger partial charge in [0.2, 0.25) is 0 Å². The number of furan rings is 2. The van der Waals surface area contributed by atoms with E-state index < -0.39 is 0 Å². The minimum absolute atomic E-state index is 0.171. The van der Waals surface area contributed by atoms with Crippen molar-refractivity contribution in [2.45, 2.75) is 172 Å². The molecule has 0 bridgehead atoms. The molecule has 4 aliphatic rings. The molecule has 15 rings (SSSR count). The third-order valence-electron chi connectivity index (χ3n) is 20.1. The number of fused-ring (bicyclic) bond motifs is 8. The van der Waals surface area contributed by atoms with Crippen molar-refractivity contribution in [3.05, 3.63) is 192 Å². The molecule has 0 amide bonds. The maximum absolute atomic E-state index is 7.08. The summed E-state index contributed by atoms with van der Waals surface area (Å²) in [6.07, 6.45) is 26.7. The van der Waals surface area contributed by atoms with Crippen molar-refractivity contribution in [2.75, 3.05) is 9.80 Å². The Morgan fingerprint density at radius 2 is 0.593 bits per heavy atom. The second kappa shape index (κ2) is 21.5. The van der Waals surface area contributed by atoms with Gasteiger partial charge in [-0.2, -0.15) is 0 Å². The fourth-order valence-corrected chi connectivity index (χ4v) is 15.6. The molecule has 4 heteroatoms. The van der Waals surface area contributed by atoms with Crippen LogP contribution in [0, 0.1) is 0 Å².